The summed E-state index contributed by atoms with van der Waals surface area (Å²) in [5.41, 5.74) is 0.955. The Hall–Kier alpha value is -1.43. The molecule has 0 saturated heterocycles. The number of nitrogens with zero attached hydrogens (tertiary/aromatic N) is 2. The summed E-state index contributed by atoms with van der Waals surface area (Å²) < 4.78 is 24.0. The molecule has 0 aromatic heterocycles. The maximum Gasteiger partial charge on any atom is 0.281 e. The molecule has 0 aliphatic heterocycles. The van der Waals surface area contributed by atoms with Gasteiger partial charge in [-0.1, -0.05) is 17.7 Å². The number of aryl methyl sites for hydroxylation is 1. The molecule has 0 fully saturated rings. The van der Waals surface area contributed by atoms with E-state index in [4.69, 9.17) is 0 Å². The monoisotopic (exact) mass is 228 g/mol. The van der Waals surface area contributed by atoms with Gasteiger partial charge in [-0.3, -0.25) is 0 Å². The summed E-state index contributed by atoms with van der Waals surface area (Å²) in [5.74, 6) is 0. The Labute approximate surface area is 88.7 Å². The standard InChI is InChI=1S/C9H12N2O3S/c1-3-11(10-12)15(13,14)9-6-4-8(2)5-7-9/h4-7H,3H2,1-2H3. The molecule has 82 valence electrons. The molecule has 1 aromatic carbocycles. The Morgan fingerprint density at radius 1 is 1.27 bits per heavy atom. The number of sulfonamides is 1. The lowest BCUT2D eigenvalue weighted by atomic mass is 10.2. The van der Waals surface area contributed by atoms with Crippen LogP contribution in [0.3, 0.4) is 0 Å². The van der Waals surface area contributed by atoms with Crippen LogP contribution in [0.15, 0.2) is 34.4 Å². The van der Waals surface area contributed by atoms with E-state index in [2.05, 4.69) is 5.29 Å². The van der Waals surface area contributed by atoms with Crippen molar-refractivity contribution in [1.82, 2.24) is 4.41 Å². The molecule has 0 aliphatic carbocycles. The third-order valence-electron chi connectivity index (χ3n) is 1.96. The molecule has 0 aliphatic rings. The largest absolute Gasteiger partial charge is 0.281 e. The maximum atomic E-state index is 11.7. The Morgan fingerprint density at radius 3 is 2.20 bits per heavy atom. The van der Waals surface area contributed by atoms with Crippen molar-refractivity contribution in [2.75, 3.05) is 6.54 Å². The zero-order valence-electron chi connectivity index (χ0n) is 8.54. The summed E-state index contributed by atoms with van der Waals surface area (Å²) in [6.45, 7) is 3.43. The topological polar surface area (TPSA) is 66.8 Å². The van der Waals surface area contributed by atoms with Gasteiger partial charge in [0.15, 0.2) is 0 Å². The van der Waals surface area contributed by atoms with Gasteiger partial charge in [-0.05, 0) is 26.0 Å². The molecule has 0 bridgehead atoms. The summed E-state index contributed by atoms with van der Waals surface area (Å²) in [4.78, 5) is 10.4. The Kier molecular flexibility index (Phi) is 3.41. The first-order valence-corrected chi connectivity index (χ1v) is 5.89. The molecule has 15 heavy (non-hydrogen) atoms. The van der Waals surface area contributed by atoms with E-state index in [9.17, 15) is 13.3 Å². The predicted molar refractivity (Wildman–Crippen MR) is 56.5 cm³/mol. The van der Waals surface area contributed by atoms with Crippen LogP contribution < -0.4 is 0 Å². The lowest BCUT2D eigenvalue weighted by Crippen LogP contribution is -2.25. The number of hydrogen-bond donors (Lipinski definition) is 0. The van der Waals surface area contributed by atoms with Crippen molar-refractivity contribution in [3.8, 4) is 0 Å². The molecule has 0 unspecified atom stereocenters. The summed E-state index contributed by atoms with van der Waals surface area (Å²) in [7, 11) is -3.76. The molecule has 1 aromatic rings. The van der Waals surface area contributed by atoms with Crippen LogP contribution in [0.25, 0.3) is 0 Å². The second-order valence-electron chi connectivity index (χ2n) is 3.04. The quantitative estimate of drug-likeness (QED) is 0.581. The van der Waals surface area contributed by atoms with E-state index >= 15 is 0 Å². The van der Waals surface area contributed by atoms with Crippen LogP contribution in [0, 0.1) is 11.8 Å². The highest BCUT2D eigenvalue weighted by atomic mass is 32.2. The lowest BCUT2D eigenvalue weighted by Gasteiger charge is -2.12. The fraction of sp³-hybridized carbons (Fsp3) is 0.333. The molecule has 0 saturated carbocycles. The van der Waals surface area contributed by atoms with Crippen LogP contribution in [-0.4, -0.2) is 19.4 Å². The van der Waals surface area contributed by atoms with Gasteiger partial charge in [0.1, 0.15) is 0 Å². The van der Waals surface area contributed by atoms with Crippen molar-refractivity contribution in [3.63, 3.8) is 0 Å². The zero-order valence-corrected chi connectivity index (χ0v) is 9.36. The second-order valence-corrected chi connectivity index (χ2v) is 4.88. The van der Waals surface area contributed by atoms with E-state index in [1.165, 1.54) is 12.1 Å². The second kappa shape index (κ2) is 4.39. The molecule has 0 amide bonds. The van der Waals surface area contributed by atoms with E-state index < -0.39 is 10.0 Å². The Morgan fingerprint density at radius 2 is 1.80 bits per heavy atom. The van der Waals surface area contributed by atoms with Crippen molar-refractivity contribution >= 4 is 10.0 Å². The van der Waals surface area contributed by atoms with Crippen molar-refractivity contribution in [2.24, 2.45) is 5.29 Å². The number of hydrogen-bond acceptors (Lipinski definition) is 4. The van der Waals surface area contributed by atoms with Crippen LogP contribution >= 0.6 is 0 Å². The minimum absolute atomic E-state index is 0.0275. The minimum atomic E-state index is -3.76. The highest BCUT2D eigenvalue weighted by molar-refractivity contribution is 7.89. The number of nitroso groups, excluding NO2 is 1. The Bertz CT molecular complexity index is 439. The van der Waals surface area contributed by atoms with Crippen LogP contribution in [-0.2, 0) is 10.0 Å². The average molecular weight is 228 g/mol. The maximum absolute atomic E-state index is 11.7. The number of benzene rings is 1. The first kappa shape index (κ1) is 11.6. The molecule has 6 heteroatoms. The number of rotatable bonds is 4. The summed E-state index contributed by atoms with van der Waals surface area (Å²) >= 11 is 0. The highest BCUT2D eigenvalue weighted by Gasteiger charge is 2.22. The van der Waals surface area contributed by atoms with Gasteiger partial charge in [0, 0.05) is 0 Å². The van der Waals surface area contributed by atoms with Gasteiger partial charge in [-0.25, -0.2) is 0 Å². The third kappa shape index (κ3) is 2.33. The molecular formula is C9H12N2O3S. The SMILES string of the molecule is CCN(N=O)S(=O)(=O)c1ccc(C)cc1. The van der Waals surface area contributed by atoms with Gasteiger partial charge >= 0.3 is 0 Å². The van der Waals surface area contributed by atoms with Gasteiger partial charge < -0.3 is 0 Å². The van der Waals surface area contributed by atoms with Crippen molar-refractivity contribution in [1.29, 1.82) is 0 Å². The van der Waals surface area contributed by atoms with Gasteiger partial charge in [0.05, 0.1) is 16.7 Å². The van der Waals surface area contributed by atoms with Crippen LogP contribution in [0.1, 0.15) is 12.5 Å². The van der Waals surface area contributed by atoms with Crippen molar-refractivity contribution in [3.05, 3.63) is 34.7 Å². The van der Waals surface area contributed by atoms with Crippen LogP contribution in [0.2, 0.25) is 0 Å². The first-order chi connectivity index (χ1) is 7.02. The Balaban J connectivity index is 3.16. The first-order valence-electron chi connectivity index (χ1n) is 4.45. The molecule has 0 atom stereocenters. The molecule has 0 radical (unpaired) electrons. The van der Waals surface area contributed by atoms with Crippen molar-refractivity contribution < 1.29 is 8.42 Å². The van der Waals surface area contributed by atoms with Gasteiger partial charge in [0.25, 0.3) is 10.0 Å². The summed E-state index contributed by atoms with van der Waals surface area (Å²) in [6, 6.07) is 6.26. The molecule has 0 N–H and O–H groups in total. The lowest BCUT2D eigenvalue weighted by molar-refractivity contribution is 0.444. The van der Waals surface area contributed by atoms with E-state index in [0.29, 0.717) is 4.41 Å². The van der Waals surface area contributed by atoms with Crippen LogP contribution in [0.5, 0.6) is 0 Å². The predicted octanol–water partition coefficient (Wildman–Crippen LogP) is 1.69. The highest BCUT2D eigenvalue weighted by Crippen LogP contribution is 2.15. The minimum Gasteiger partial charge on any atom is -0.200 e. The average Bonchev–Trinajstić information content (AvgIpc) is 2.19. The van der Waals surface area contributed by atoms with Gasteiger partial charge in [0.2, 0.25) is 0 Å². The molecule has 0 heterocycles. The van der Waals surface area contributed by atoms with E-state index in [-0.39, 0.29) is 11.4 Å². The van der Waals surface area contributed by atoms with Crippen LogP contribution in [0.4, 0.5) is 0 Å². The molecule has 5 nitrogen and oxygen atoms in total. The molecule has 0 spiro atoms. The summed E-state index contributed by atoms with van der Waals surface area (Å²) in [6.07, 6.45) is 0. The zero-order chi connectivity index (χ0) is 11.5. The van der Waals surface area contributed by atoms with Gasteiger partial charge in [-0.15, -0.1) is 4.91 Å². The van der Waals surface area contributed by atoms with Gasteiger partial charge in [-0.2, -0.15) is 12.8 Å². The normalized spacial score (nSPS) is 11.1. The molecule has 1 rings (SSSR count). The van der Waals surface area contributed by atoms with E-state index in [0.717, 1.165) is 5.56 Å². The van der Waals surface area contributed by atoms with E-state index in [1.54, 1.807) is 19.1 Å². The smallest absolute Gasteiger partial charge is 0.200 e. The molecular weight excluding hydrogens is 216 g/mol. The third-order valence-corrected chi connectivity index (χ3v) is 3.71. The summed E-state index contributed by atoms with van der Waals surface area (Å²) in [5, 5.41) is 2.47. The van der Waals surface area contributed by atoms with E-state index in [1.807, 2.05) is 6.92 Å². The fourth-order valence-corrected chi connectivity index (χ4v) is 2.25. The van der Waals surface area contributed by atoms with Crippen molar-refractivity contribution in [2.45, 2.75) is 18.7 Å². The fourth-order valence-electron chi connectivity index (χ4n) is 1.10.